The highest BCUT2D eigenvalue weighted by atomic mass is 32.2. The summed E-state index contributed by atoms with van der Waals surface area (Å²) in [7, 11) is -1.34. The molecule has 1 atom stereocenters. The molecule has 0 unspecified atom stereocenters. The van der Waals surface area contributed by atoms with Crippen LogP contribution in [0.15, 0.2) is 46.8 Å². The molecule has 28 heavy (non-hydrogen) atoms. The van der Waals surface area contributed by atoms with Gasteiger partial charge < -0.3 is 4.90 Å². The Labute approximate surface area is 171 Å². The molecule has 1 aliphatic heterocycles. The van der Waals surface area contributed by atoms with Gasteiger partial charge >= 0.3 is 0 Å². The highest BCUT2D eigenvalue weighted by Crippen LogP contribution is 2.30. The standard InChI is InChI=1S/C19H19N3O3S3/c1-22(13-8-10-28(24,25)12-13)17(23)11-27-19-14-5-2-3-6-15(14)20-18(21-19)16-7-4-9-26-16/h2-7,9,13H,8,10-12H2,1H3/t13-/m0/s1. The zero-order chi connectivity index (χ0) is 19.7. The third-order valence-electron chi connectivity index (χ3n) is 4.79. The van der Waals surface area contributed by atoms with Gasteiger partial charge in [0, 0.05) is 18.5 Å². The molecule has 1 aliphatic rings. The number of carbonyl (C=O) groups is 1. The molecule has 1 aromatic carbocycles. The first-order valence-corrected chi connectivity index (χ1v) is 12.5. The van der Waals surface area contributed by atoms with Gasteiger partial charge in [-0.2, -0.15) is 0 Å². The first-order valence-electron chi connectivity index (χ1n) is 8.82. The lowest BCUT2D eigenvalue weighted by Crippen LogP contribution is -2.38. The molecule has 0 bridgehead atoms. The fraction of sp³-hybridized carbons (Fsp3) is 0.316. The number of thiophene rings is 1. The Morgan fingerprint density at radius 3 is 2.79 bits per heavy atom. The molecule has 3 aromatic rings. The van der Waals surface area contributed by atoms with Gasteiger partial charge in [-0.15, -0.1) is 11.3 Å². The lowest BCUT2D eigenvalue weighted by molar-refractivity contribution is -0.128. The molecule has 2 aromatic heterocycles. The van der Waals surface area contributed by atoms with Crippen molar-refractivity contribution in [2.75, 3.05) is 24.3 Å². The summed E-state index contributed by atoms with van der Waals surface area (Å²) in [5, 5.41) is 3.65. The summed E-state index contributed by atoms with van der Waals surface area (Å²) in [5.74, 6) is 0.978. The van der Waals surface area contributed by atoms with Crippen molar-refractivity contribution in [3.8, 4) is 10.7 Å². The van der Waals surface area contributed by atoms with Crippen molar-refractivity contribution >= 4 is 49.7 Å². The summed E-state index contributed by atoms with van der Waals surface area (Å²) in [6, 6.07) is 11.5. The SMILES string of the molecule is CN(C(=O)CSc1nc(-c2cccs2)nc2ccccc12)[C@H]1CCS(=O)(=O)C1. The summed E-state index contributed by atoms with van der Waals surface area (Å²) >= 11 is 2.94. The number of fused-ring (bicyclic) bond motifs is 1. The van der Waals surface area contributed by atoms with Gasteiger partial charge in [-0.05, 0) is 23.9 Å². The van der Waals surface area contributed by atoms with Crippen LogP contribution in [0.5, 0.6) is 0 Å². The van der Waals surface area contributed by atoms with Crippen molar-refractivity contribution in [1.29, 1.82) is 0 Å². The van der Waals surface area contributed by atoms with Crippen molar-refractivity contribution in [2.45, 2.75) is 17.5 Å². The summed E-state index contributed by atoms with van der Waals surface area (Å²) in [6.45, 7) is 0. The molecule has 0 spiro atoms. The second-order valence-electron chi connectivity index (χ2n) is 6.70. The van der Waals surface area contributed by atoms with Crippen LogP contribution in [-0.2, 0) is 14.6 Å². The highest BCUT2D eigenvalue weighted by Gasteiger charge is 2.32. The molecule has 6 nitrogen and oxygen atoms in total. The number of hydrogen-bond acceptors (Lipinski definition) is 7. The minimum atomic E-state index is -3.02. The highest BCUT2D eigenvalue weighted by molar-refractivity contribution is 8.00. The number of amides is 1. The van der Waals surface area contributed by atoms with Crippen molar-refractivity contribution < 1.29 is 13.2 Å². The molecule has 3 heterocycles. The molecule has 0 N–H and O–H groups in total. The van der Waals surface area contributed by atoms with Gasteiger partial charge in [0.2, 0.25) is 5.91 Å². The van der Waals surface area contributed by atoms with Gasteiger partial charge in [-0.1, -0.05) is 36.0 Å². The van der Waals surface area contributed by atoms with E-state index in [0.717, 1.165) is 20.8 Å². The maximum atomic E-state index is 12.6. The molecule has 1 fully saturated rings. The zero-order valence-corrected chi connectivity index (χ0v) is 17.7. The average Bonchev–Trinajstić information content (AvgIpc) is 3.34. The molecule has 4 rings (SSSR count). The van der Waals surface area contributed by atoms with Crippen LogP contribution in [0.1, 0.15) is 6.42 Å². The quantitative estimate of drug-likeness (QED) is 0.454. The van der Waals surface area contributed by atoms with Crippen molar-refractivity contribution in [3.05, 3.63) is 41.8 Å². The van der Waals surface area contributed by atoms with Crippen LogP contribution in [0.3, 0.4) is 0 Å². The van der Waals surface area contributed by atoms with Crippen molar-refractivity contribution in [2.24, 2.45) is 0 Å². The van der Waals surface area contributed by atoms with Crippen molar-refractivity contribution in [1.82, 2.24) is 14.9 Å². The maximum Gasteiger partial charge on any atom is 0.233 e. The van der Waals surface area contributed by atoms with Gasteiger partial charge in [0.25, 0.3) is 0 Å². The number of sulfone groups is 1. The topological polar surface area (TPSA) is 80.2 Å². The number of para-hydroxylation sites is 1. The normalized spacial score (nSPS) is 18.4. The summed E-state index contributed by atoms with van der Waals surface area (Å²) in [5.41, 5.74) is 0.839. The van der Waals surface area contributed by atoms with E-state index in [-0.39, 0.29) is 29.2 Å². The predicted octanol–water partition coefficient (Wildman–Crippen LogP) is 3.10. The van der Waals surface area contributed by atoms with Gasteiger partial charge in [0.15, 0.2) is 15.7 Å². The molecule has 0 aliphatic carbocycles. The third-order valence-corrected chi connectivity index (χ3v) is 8.38. The molecule has 9 heteroatoms. The van der Waals surface area contributed by atoms with Crippen LogP contribution < -0.4 is 0 Å². The van der Waals surface area contributed by atoms with E-state index in [1.165, 1.54) is 11.8 Å². The van der Waals surface area contributed by atoms with Crippen molar-refractivity contribution in [3.63, 3.8) is 0 Å². The van der Waals surface area contributed by atoms with Crippen LogP contribution >= 0.6 is 23.1 Å². The number of hydrogen-bond donors (Lipinski definition) is 0. The van der Waals surface area contributed by atoms with Gasteiger partial charge in [0.05, 0.1) is 27.7 Å². The monoisotopic (exact) mass is 433 g/mol. The van der Waals surface area contributed by atoms with E-state index in [2.05, 4.69) is 4.98 Å². The van der Waals surface area contributed by atoms with Crippen LogP contribution in [0.2, 0.25) is 0 Å². The largest absolute Gasteiger partial charge is 0.341 e. The van der Waals surface area contributed by atoms with E-state index < -0.39 is 9.84 Å². The Morgan fingerprint density at radius 1 is 1.25 bits per heavy atom. The summed E-state index contributed by atoms with van der Waals surface area (Å²) in [6.07, 6.45) is 0.508. The minimum Gasteiger partial charge on any atom is -0.341 e. The van der Waals surface area contributed by atoms with E-state index in [4.69, 9.17) is 4.98 Å². The second-order valence-corrected chi connectivity index (χ2v) is 10.8. The third kappa shape index (κ3) is 4.06. The first kappa shape index (κ1) is 19.4. The van der Waals surface area contributed by atoms with Gasteiger partial charge in [0.1, 0.15) is 5.03 Å². The fourth-order valence-electron chi connectivity index (χ4n) is 3.19. The minimum absolute atomic E-state index is 0.0544. The lowest BCUT2D eigenvalue weighted by Gasteiger charge is -2.23. The molecule has 0 saturated carbocycles. The molecule has 1 saturated heterocycles. The summed E-state index contributed by atoms with van der Waals surface area (Å²) in [4.78, 5) is 24.5. The smallest absolute Gasteiger partial charge is 0.233 e. The van der Waals surface area contributed by atoms with E-state index in [1.807, 2.05) is 41.8 Å². The first-order chi connectivity index (χ1) is 13.4. The van der Waals surface area contributed by atoms with Crippen LogP contribution in [0.4, 0.5) is 0 Å². The second kappa shape index (κ2) is 7.81. The number of aromatic nitrogens is 2. The Hall–Kier alpha value is -1.97. The Morgan fingerprint density at radius 2 is 2.07 bits per heavy atom. The molecular formula is C19H19N3O3S3. The Bertz CT molecular complexity index is 1110. The lowest BCUT2D eigenvalue weighted by atomic mass is 10.2. The zero-order valence-electron chi connectivity index (χ0n) is 15.2. The van der Waals surface area contributed by atoms with Gasteiger partial charge in [-0.25, -0.2) is 18.4 Å². The number of nitrogens with zero attached hydrogens (tertiary/aromatic N) is 3. The van der Waals surface area contributed by atoms with Gasteiger partial charge in [-0.3, -0.25) is 4.79 Å². The number of benzene rings is 1. The van der Waals surface area contributed by atoms with E-state index in [9.17, 15) is 13.2 Å². The molecule has 1 amide bonds. The molecule has 146 valence electrons. The number of rotatable bonds is 5. The van der Waals surface area contributed by atoms with Crippen LogP contribution in [0, 0.1) is 0 Å². The summed E-state index contributed by atoms with van der Waals surface area (Å²) < 4.78 is 23.4. The molecular weight excluding hydrogens is 414 g/mol. The van der Waals surface area contributed by atoms with E-state index in [0.29, 0.717) is 12.2 Å². The molecule has 0 radical (unpaired) electrons. The van der Waals surface area contributed by atoms with Crippen LogP contribution in [0.25, 0.3) is 21.6 Å². The Balaban J connectivity index is 1.55. The fourth-order valence-corrected chi connectivity index (χ4v) is 6.56. The predicted molar refractivity (Wildman–Crippen MR) is 113 cm³/mol. The maximum absolute atomic E-state index is 12.6. The Kier molecular flexibility index (Phi) is 5.39. The number of carbonyl (C=O) groups excluding carboxylic acids is 1. The van der Waals surface area contributed by atoms with E-state index in [1.54, 1.807) is 23.3 Å². The van der Waals surface area contributed by atoms with Crippen LogP contribution in [-0.4, -0.2) is 59.5 Å². The number of thioether (sulfide) groups is 1. The van der Waals surface area contributed by atoms with E-state index >= 15 is 0 Å². The average molecular weight is 434 g/mol.